The largest absolute Gasteiger partial charge is 0.272 e. The van der Waals surface area contributed by atoms with Gasteiger partial charge in [0.1, 0.15) is 0 Å². The third-order valence-corrected chi connectivity index (χ3v) is 2.77. The van der Waals surface area contributed by atoms with E-state index in [1.807, 2.05) is 5.01 Å². The maximum Gasteiger partial charge on any atom is 0.253 e. The Morgan fingerprint density at radius 1 is 1.50 bits per heavy atom. The highest BCUT2D eigenvalue weighted by Crippen LogP contribution is 2.24. The van der Waals surface area contributed by atoms with Crippen molar-refractivity contribution in [2.75, 3.05) is 18.8 Å². The number of hydrogen-bond donors (Lipinski definition) is 0. The van der Waals surface area contributed by atoms with Crippen molar-refractivity contribution in [3.8, 4) is 0 Å². The Hall–Kier alpha value is -0.130. The molecule has 0 aromatic carbocycles. The van der Waals surface area contributed by atoms with E-state index in [1.54, 1.807) is 5.01 Å². The minimum atomic E-state index is 0.132. The summed E-state index contributed by atoms with van der Waals surface area (Å²) in [4.78, 5) is 11.0. The van der Waals surface area contributed by atoms with E-state index in [2.05, 4.69) is 0 Å². The van der Waals surface area contributed by atoms with Gasteiger partial charge >= 0.3 is 0 Å². The molecule has 0 spiro atoms. The van der Waals surface area contributed by atoms with Gasteiger partial charge in [-0.25, -0.2) is 10.0 Å². The molecule has 2 aliphatic heterocycles. The van der Waals surface area contributed by atoms with Crippen LogP contribution in [0.4, 0.5) is 0 Å². The van der Waals surface area contributed by atoms with Crippen LogP contribution in [-0.2, 0) is 4.79 Å². The van der Waals surface area contributed by atoms with Crippen molar-refractivity contribution in [2.24, 2.45) is 0 Å². The van der Waals surface area contributed by atoms with Gasteiger partial charge in [-0.1, -0.05) is 24.0 Å². The SMILES string of the molecule is O=C1CSC(=S)N1N1CC1. The predicted molar refractivity (Wildman–Crippen MR) is 43.5 cm³/mol. The van der Waals surface area contributed by atoms with Crippen molar-refractivity contribution in [3.63, 3.8) is 0 Å². The molecule has 2 rings (SSSR count). The van der Waals surface area contributed by atoms with Gasteiger partial charge in [-0.15, -0.1) is 0 Å². The Labute approximate surface area is 68.3 Å². The lowest BCUT2D eigenvalue weighted by Crippen LogP contribution is -2.33. The highest BCUT2D eigenvalue weighted by molar-refractivity contribution is 8.23. The lowest BCUT2D eigenvalue weighted by molar-refractivity contribution is -0.129. The minimum Gasteiger partial charge on any atom is -0.272 e. The first-order chi connectivity index (χ1) is 4.79. The van der Waals surface area contributed by atoms with Gasteiger partial charge in [0.25, 0.3) is 5.91 Å². The van der Waals surface area contributed by atoms with Crippen LogP contribution in [0.3, 0.4) is 0 Å². The normalized spacial score (nSPS) is 26.2. The summed E-state index contributed by atoms with van der Waals surface area (Å²) in [6, 6.07) is 0. The number of nitrogens with zero attached hydrogens (tertiary/aromatic N) is 2. The predicted octanol–water partition coefficient (Wildman–Crippen LogP) is 0.0773. The van der Waals surface area contributed by atoms with Crippen LogP contribution in [0.15, 0.2) is 0 Å². The molecule has 2 saturated heterocycles. The monoisotopic (exact) mass is 174 g/mol. The molecule has 0 unspecified atom stereocenters. The van der Waals surface area contributed by atoms with E-state index in [4.69, 9.17) is 12.2 Å². The van der Waals surface area contributed by atoms with E-state index in [0.29, 0.717) is 10.1 Å². The summed E-state index contributed by atoms with van der Waals surface area (Å²) in [5.74, 6) is 0.655. The number of carbonyl (C=O) groups excluding carboxylic acids is 1. The molecule has 2 fully saturated rings. The minimum absolute atomic E-state index is 0.132. The lowest BCUT2D eigenvalue weighted by atomic mass is 10.7. The van der Waals surface area contributed by atoms with E-state index >= 15 is 0 Å². The van der Waals surface area contributed by atoms with Crippen LogP contribution < -0.4 is 0 Å². The van der Waals surface area contributed by atoms with Gasteiger partial charge in [0.05, 0.1) is 5.75 Å². The summed E-state index contributed by atoms with van der Waals surface area (Å²) in [6.07, 6.45) is 0. The van der Waals surface area contributed by atoms with Crippen molar-refractivity contribution in [2.45, 2.75) is 0 Å². The van der Waals surface area contributed by atoms with Crippen molar-refractivity contribution in [1.82, 2.24) is 10.0 Å². The van der Waals surface area contributed by atoms with E-state index in [0.717, 1.165) is 13.1 Å². The van der Waals surface area contributed by atoms with Crippen molar-refractivity contribution >= 4 is 34.2 Å². The Bertz CT molecular complexity index is 186. The Morgan fingerprint density at radius 3 is 2.60 bits per heavy atom. The van der Waals surface area contributed by atoms with E-state index in [-0.39, 0.29) is 5.91 Å². The van der Waals surface area contributed by atoms with Crippen molar-refractivity contribution < 1.29 is 4.79 Å². The van der Waals surface area contributed by atoms with Gasteiger partial charge in [0, 0.05) is 13.1 Å². The number of carbonyl (C=O) groups is 1. The van der Waals surface area contributed by atoms with E-state index < -0.39 is 0 Å². The first kappa shape index (κ1) is 6.57. The van der Waals surface area contributed by atoms with Gasteiger partial charge in [-0.2, -0.15) is 0 Å². The molecule has 0 saturated carbocycles. The molecule has 1 amide bonds. The highest BCUT2D eigenvalue weighted by atomic mass is 32.2. The fourth-order valence-corrected chi connectivity index (χ4v) is 1.97. The number of thiocarbonyl (C=S) groups is 1. The van der Waals surface area contributed by atoms with Crippen LogP contribution in [0.5, 0.6) is 0 Å². The number of thioether (sulfide) groups is 1. The molecule has 0 aromatic rings. The van der Waals surface area contributed by atoms with Gasteiger partial charge in [-0.05, 0) is 0 Å². The summed E-state index contributed by atoms with van der Waals surface area (Å²) in [6.45, 7) is 1.96. The van der Waals surface area contributed by atoms with Crippen LogP contribution in [0.1, 0.15) is 0 Å². The molecule has 0 atom stereocenters. The lowest BCUT2D eigenvalue weighted by Gasteiger charge is -2.13. The van der Waals surface area contributed by atoms with Crippen molar-refractivity contribution in [1.29, 1.82) is 0 Å². The summed E-state index contributed by atoms with van der Waals surface area (Å²) in [5.41, 5.74) is 0. The van der Waals surface area contributed by atoms with Crippen LogP contribution in [0.2, 0.25) is 0 Å². The zero-order valence-electron chi connectivity index (χ0n) is 5.24. The molecule has 54 valence electrons. The van der Waals surface area contributed by atoms with Gasteiger partial charge < -0.3 is 0 Å². The molecule has 0 radical (unpaired) electrons. The Morgan fingerprint density at radius 2 is 2.20 bits per heavy atom. The molecule has 2 aliphatic rings. The van der Waals surface area contributed by atoms with Crippen LogP contribution in [-0.4, -0.2) is 39.1 Å². The quantitative estimate of drug-likeness (QED) is 0.415. The second-order valence-corrected chi connectivity index (χ2v) is 3.82. The number of hydrazine groups is 1. The fraction of sp³-hybridized carbons (Fsp3) is 0.600. The second kappa shape index (κ2) is 2.18. The molecule has 10 heavy (non-hydrogen) atoms. The molecule has 0 bridgehead atoms. The molecule has 2 heterocycles. The average molecular weight is 174 g/mol. The summed E-state index contributed by atoms with van der Waals surface area (Å²) in [5, 5.41) is 3.56. The summed E-state index contributed by atoms with van der Waals surface area (Å²) < 4.78 is 0.711. The molecule has 5 heteroatoms. The van der Waals surface area contributed by atoms with Gasteiger partial charge in [0.15, 0.2) is 4.32 Å². The van der Waals surface area contributed by atoms with Crippen LogP contribution in [0, 0.1) is 0 Å². The first-order valence-corrected chi connectivity index (χ1v) is 4.43. The molecule has 3 nitrogen and oxygen atoms in total. The number of hydrogen-bond acceptors (Lipinski definition) is 4. The third kappa shape index (κ3) is 0.941. The molecule has 0 aliphatic carbocycles. The molecular weight excluding hydrogens is 168 g/mol. The van der Waals surface area contributed by atoms with Gasteiger partial charge in [0.2, 0.25) is 0 Å². The Kier molecular flexibility index (Phi) is 1.43. The molecule has 0 aromatic heterocycles. The highest BCUT2D eigenvalue weighted by Gasteiger charge is 2.36. The molecular formula is C5H6N2OS2. The van der Waals surface area contributed by atoms with E-state index in [1.165, 1.54) is 11.8 Å². The number of amides is 1. The first-order valence-electron chi connectivity index (χ1n) is 3.03. The van der Waals surface area contributed by atoms with E-state index in [9.17, 15) is 4.79 Å². The maximum absolute atomic E-state index is 11.0. The van der Waals surface area contributed by atoms with Crippen LogP contribution >= 0.6 is 24.0 Å². The second-order valence-electron chi connectivity index (χ2n) is 2.21. The summed E-state index contributed by atoms with van der Waals surface area (Å²) in [7, 11) is 0. The topological polar surface area (TPSA) is 23.3 Å². The maximum atomic E-state index is 11.0. The fourth-order valence-electron chi connectivity index (χ4n) is 0.866. The third-order valence-electron chi connectivity index (χ3n) is 1.43. The zero-order valence-corrected chi connectivity index (χ0v) is 6.87. The van der Waals surface area contributed by atoms with Gasteiger partial charge in [-0.3, -0.25) is 4.79 Å². The molecule has 0 N–H and O–H groups in total. The summed E-state index contributed by atoms with van der Waals surface area (Å²) >= 11 is 6.41. The smallest absolute Gasteiger partial charge is 0.253 e. The average Bonchev–Trinajstić information content (AvgIpc) is 2.64. The zero-order chi connectivity index (χ0) is 7.14. The van der Waals surface area contributed by atoms with Crippen molar-refractivity contribution in [3.05, 3.63) is 0 Å². The van der Waals surface area contributed by atoms with Crippen LogP contribution in [0.25, 0.3) is 0 Å². The Balaban J connectivity index is 2.15. The standard InChI is InChI=1S/C5H6N2OS2/c8-4-3-10-5(9)7(4)6-1-2-6/h1-3H2. The number of rotatable bonds is 1.